The van der Waals surface area contributed by atoms with E-state index in [0.717, 1.165) is 30.8 Å². The van der Waals surface area contributed by atoms with Gasteiger partial charge in [0.2, 0.25) is 5.91 Å². The third-order valence-electron chi connectivity index (χ3n) is 10.2. The number of sulfone groups is 1. The molecule has 0 spiro atoms. The smallest absolute Gasteiger partial charge is 0.333 e. The summed E-state index contributed by atoms with van der Waals surface area (Å²) >= 11 is 6.44. The largest absolute Gasteiger partial charge is 0.409 e. The number of piperidine rings is 1. The molecule has 0 aromatic rings. The van der Waals surface area contributed by atoms with Gasteiger partial charge in [-0.1, -0.05) is 13.8 Å². The second-order valence-electron chi connectivity index (χ2n) is 13.1. The summed E-state index contributed by atoms with van der Waals surface area (Å²) in [5, 5.41) is 5.93. The number of hydrazine groups is 1. The topological polar surface area (TPSA) is 85.0 Å². The first-order chi connectivity index (χ1) is 18.2. The number of nitrogens with zero attached hydrogens (tertiary/aromatic N) is 3. The fourth-order valence-electron chi connectivity index (χ4n) is 8.12. The Hall–Kier alpha value is -0.660. The van der Waals surface area contributed by atoms with Crippen LogP contribution in [-0.4, -0.2) is 103 Å². The Labute approximate surface area is 235 Å². The number of alkyl halides is 4. The fourth-order valence-corrected chi connectivity index (χ4v) is 9.89. The summed E-state index contributed by atoms with van der Waals surface area (Å²) in [5.41, 5.74) is 3.41. The van der Waals surface area contributed by atoms with Crippen LogP contribution < -0.4 is 10.7 Å². The summed E-state index contributed by atoms with van der Waals surface area (Å²) in [6, 6.07) is -1.14. The number of carbonyl (C=O) groups is 1. The highest BCUT2D eigenvalue weighted by Crippen LogP contribution is 2.45. The van der Waals surface area contributed by atoms with Gasteiger partial charge in [0.05, 0.1) is 23.2 Å². The summed E-state index contributed by atoms with van der Waals surface area (Å²) in [6.45, 7) is 6.35. The zero-order valence-electron chi connectivity index (χ0n) is 23.1. The zero-order chi connectivity index (χ0) is 28.3. The van der Waals surface area contributed by atoms with Crippen LogP contribution in [0.5, 0.6) is 0 Å². The van der Waals surface area contributed by atoms with Gasteiger partial charge in [-0.05, 0) is 62.8 Å². The molecule has 5 atom stereocenters. The first-order valence-corrected chi connectivity index (χ1v) is 16.7. The number of amides is 1. The van der Waals surface area contributed by atoms with Crippen LogP contribution >= 0.6 is 11.6 Å². The van der Waals surface area contributed by atoms with E-state index in [1.807, 2.05) is 0 Å². The summed E-state index contributed by atoms with van der Waals surface area (Å²) in [7, 11) is -1.95. The second kappa shape index (κ2) is 10.9. The number of hydrogen-bond acceptors (Lipinski definition) is 7. The van der Waals surface area contributed by atoms with Crippen molar-refractivity contribution >= 4 is 27.3 Å². The SMILES string of the molecule is CN(C(=O)C1CCS(=O)(=O)CC1)[C@@H](C1CCC(N2CCC(C)(C)C3C2CNC2CC(Cl)NN23)CC1)C(F)(F)F. The number of fused-ring (bicyclic) bond motifs is 3. The number of likely N-dealkylation sites (tertiary alicyclic amines) is 1. The van der Waals surface area contributed by atoms with Crippen LogP contribution in [0, 0.1) is 17.3 Å². The first-order valence-electron chi connectivity index (χ1n) is 14.4. The number of nitrogens with one attached hydrogen (secondary N) is 2. The molecule has 2 N–H and O–H groups in total. The molecule has 39 heavy (non-hydrogen) atoms. The summed E-state index contributed by atoms with van der Waals surface area (Å²) in [5.74, 6) is -2.17. The van der Waals surface area contributed by atoms with Crippen LogP contribution in [0.1, 0.15) is 65.2 Å². The summed E-state index contributed by atoms with van der Waals surface area (Å²) in [4.78, 5) is 16.5. The predicted molar refractivity (Wildman–Crippen MR) is 143 cm³/mol. The maximum absolute atomic E-state index is 14.4. The lowest BCUT2D eigenvalue weighted by Gasteiger charge is -2.59. The highest BCUT2D eigenvalue weighted by molar-refractivity contribution is 7.91. The average molecular weight is 598 g/mol. The zero-order valence-corrected chi connectivity index (χ0v) is 24.7. The summed E-state index contributed by atoms with van der Waals surface area (Å²) in [6.07, 6.45) is -0.171. The van der Waals surface area contributed by atoms with Gasteiger partial charge in [0.15, 0.2) is 0 Å². The van der Waals surface area contributed by atoms with Crippen molar-refractivity contribution in [3.8, 4) is 0 Å². The van der Waals surface area contributed by atoms with Crippen molar-refractivity contribution in [1.29, 1.82) is 0 Å². The van der Waals surface area contributed by atoms with Gasteiger partial charge in [0.25, 0.3) is 0 Å². The Morgan fingerprint density at radius 2 is 1.74 bits per heavy atom. The maximum Gasteiger partial charge on any atom is 0.409 e. The number of halogens is 4. The lowest BCUT2D eigenvalue weighted by molar-refractivity contribution is -0.203. The van der Waals surface area contributed by atoms with E-state index in [0.29, 0.717) is 25.7 Å². The highest BCUT2D eigenvalue weighted by atomic mass is 35.5. The molecule has 5 aliphatic rings. The van der Waals surface area contributed by atoms with Crippen LogP contribution in [0.4, 0.5) is 13.2 Å². The van der Waals surface area contributed by atoms with Crippen LogP contribution in [0.25, 0.3) is 0 Å². The number of rotatable bonds is 4. The van der Waals surface area contributed by atoms with Crippen molar-refractivity contribution in [2.45, 2.75) is 107 Å². The molecule has 1 saturated carbocycles. The molecule has 5 rings (SSSR count). The Morgan fingerprint density at radius 3 is 2.36 bits per heavy atom. The third kappa shape index (κ3) is 5.98. The van der Waals surface area contributed by atoms with E-state index in [1.165, 1.54) is 7.05 Å². The molecular formula is C26H43ClF3N5O3S. The quantitative estimate of drug-likeness (QED) is 0.381. The average Bonchev–Trinajstić information content (AvgIpc) is 3.23. The molecule has 5 fully saturated rings. The number of carbonyl (C=O) groups excluding carboxylic acids is 1. The van der Waals surface area contributed by atoms with Gasteiger partial charge in [-0.2, -0.15) is 13.2 Å². The molecule has 8 nitrogen and oxygen atoms in total. The first kappa shape index (κ1) is 29.8. The molecule has 4 unspecified atom stereocenters. The van der Waals surface area contributed by atoms with Crippen molar-refractivity contribution in [2.24, 2.45) is 17.3 Å². The Morgan fingerprint density at radius 1 is 1.10 bits per heavy atom. The summed E-state index contributed by atoms with van der Waals surface area (Å²) < 4.78 is 66.7. The van der Waals surface area contributed by atoms with Gasteiger partial charge >= 0.3 is 6.18 Å². The molecule has 224 valence electrons. The van der Waals surface area contributed by atoms with E-state index in [4.69, 9.17) is 11.6 Å². The third-order valence-corrected chi connectivity index (χ3v) is 12.2. The lowest BCUT2D eigenvalue weighted by atomic mass is 9.71. The van der Waals surface area contributed by atoms with Crippen LogP contribution in [0.3, 0.4) is 0 Å². The standard InChI is InChI=1S/C26H43ClF3N5O3S/c1-25(2)10-11-34(19-15-31-21-14-20(27)32-35(21)23(19)25)18-6-4-16(5-7-18)22(26(28,29)30)33(3)24(36)17-8-12-39(37,38)13-9-17/h16-23,31-32H,4-15H2,1-3H3/t16?,18?,19?,20?,21?,22-,23?/m0/s1. The highest BCUT2D eigenvalue weighted by Gasteiger charge is 2.55. The molecule has 4 heterocycles. The molecule has 4 aliphatic heterocycles. The fraction of sp³-hybridized carbons (Fsp3) is 0.962. The van der Waals surface area contributed by atoms with Crippen molar-refractivity contribution in [2.75, 3.05) is 31.6 Å². The molecule has 0 aromatic heterocycles. The van der Waals surface area contributed by atoms with Gasteiger partial charge in [-0.25, -0.2) is 18.9 Å². The monoisotopic (exact) mass is 597 g/mol. The van der Waals surface area contributed by atoms with Gasteiger partial charge in [0, 0.05) is 44.1 Å². The normalized spacial score (nSPS) is 38.5. The molecule has 1 amide bonds. The maximum atomic E-state index is 14.4. The lowest BCUT2D eigenvalue weighted by Crippen LogP contribution is -2.74. The molecule has 1 aliphatic carbocycles. The van der Waals surface area contributed by atoms with Crippen molar-refractivity contribution in [3.05, 3.63) is 0 Å². The minimum atomic E-state index is -4.54. The van der Waals surface area contributed by atoms with Gasteiger partial charge in [0.1, 0.15) is 15.9 Å². The van der Waals surface area contributed by atoms with Crippen molar-refractivity contribution in [3.63, 3.8) is 0 Å². The molecule has 0 aromatic carbocycles. The molecule has 0 bridgehead atoms. The number of hydrogen-bond donors (Lipinski definition) is 2. The van der Waals surface area contributed by atoms with E-state index in [1.54, 1.807) is 0 Å². The minimum absolute atomic E-state index is 0.0789. The van der Waals surface area contributed by atoms with Crippen LogP contribution in [0.15, 0.2) is 0 Å². The van der Waals surface area contributed by atoms with E-state index in [-0.39, 0.29) is 59.6 Å². The Kier molecular flexibility index (Phi) is 8.31. The molecule has 4 saturated heterocycles. The van der Waals surface area contributed by atoms with E-state index in [2.05, 4.69) is 34.5 Å². The van der Waals surface area contributed by atoms with Crippen molar-refractivity contribution < 1.29 is 26.4 Å². The van der Waals surface area contributed by atoms with Crippen molar-refractivity contribution in [1.82, 2.24) is 25.6 Å². The molecular weight excluding hydrogens is 555 g/mol. The van der Waals surface area contributed by atoms with Crippen LogP contribution in [0.2, 0.25) is 0 Å². The second-order valence-corrected chi connectivity index (χ2v) is 15.9. The van der Waals surface area contributed by atoms with E-state index in [9.17, 15) is 26.4 Å². The molecule has 0 radical (unpaired) electrons. The van der Waals surface area contributed by atoms with Crippen LogP contribution in [-0.2, 0) is 14.6 Å². The van der Waals surface area contributed by atoms with Gasteiger partial charge in [-0.15, -0.1) is 11.6 Å². The van der Waals surface area contributed by atoms with Gasteiger partial charge in [-0.3, -0.25) is 15.0 Å². The predicted octanol–water partition coefficient (Wildman–Crippen LogP) is 2.93. The van der Waals surface area contributed by atoms with E-state index >= 15 is 0 Å². The molecule has 13 heteroatoms. The Balaban J connectivity index is 1.25. The van der Waals surface area contributed by atoms with Gasteiger partial charge < -0.3 is 4.90 Å². The van der Waals surface area contributed by atoms with E-state index < -0.39 is 39.8 Å². The minimum Gasteiger partial charge on any atom is -0.333 e. The Bertz CT molecular complexity index is 1010.